The summed E-state index contributed by atoms with van der Waals surface area (Å²) in [5.41, 5.74) is 6.89. The van der Waals surface area contributed by atoms with Crippen LogP contribution in [0, 0.1) is 5.41 Å². The summed E-state index contributed by atoms with van der Waals surface area (Å²) in [7, 11) is 1.86. The molecule has 0 saturated heterocycles. The van der Waals surface area contributed by atoms with Gasteiger partial charge in [-0.05, 0) is 23.4 Å². The molecule has 1 aromatic rings. The molecule has 0 fully saturated rings. The summed E-state index contributed by atoms with van der Waals surface area (Å²) < 4.78 is 0. The van der Waals surface area contributed by atoms with Gasteiger partial charge in [0.25, 0.3) is 0 Å². The number of hydrogen-bond donors (Lipinski definition) is 1. The van der Waals surface area contributed by atoms with Crippen molar-refractivity contribution in [1.82, 2.24) is 4.90 Å². The molecule has 3 heteroatoms. The fraction of sp³-hybridized carbons (Fsp3) is 0.562. The van der Waals surface area contributed by atoms with Gasteiger partial charge in [-0.2, -0.15) is 0 Å². The standard InChI is InChI=1S/C16H26N2O/c1-13(14-8-6-5-7-9-14)10-15(19)18(4)12-16(2,3)11-17/h5-9,13H,10-12,17H2,1-4H3. The summed E-state index contributed by atoms with van der Waals surface area (Å²) in [6.45, 7) is 7.53. The summed E-state index contributed by atoms with van der Waals surface area (Å²) in [6, 6.07) is 10.2. The van der Waals surface area contributed by atoms with Crippen LogP contribution >= 0.6 is 0 Å². The average Bonchev–Trinajstić information content (AvgIpc) is 2.39. The van der Waals surface area contributed by atoms with Crippen molar-refractivity contribution in [3.05, 3.63) is 35.9 Å². The van der Waals surface area contributed by atoms with E-state index in [4.69, 9.17) is 5.73 Å². The van der Waals surface area contributed by atoms with Crippen molar-refractivity contribution in [3.63, 3.8) is 0 Å². The Labute approximate surface area is 116 Å². The van der Waals surface area contributed by atoms with E-state index >= 15 is 0 Å². The maximum absolute atomic E-state index is 12.2. The second-order valence-corrected chi connectivity index (χ2v) is 6.13. The molecule has 0 heterocycles. The summed E-state index contributed by atoms with van der Waals surface area (Å²) >= 11 is 0. The van der Waals surface area contributed by atoms with Gasteiger partial charge in [-0.1, -0.05) is 51.1 Å². The van der Waals surface area contributed by atoms with Crippen molar-refractivity contribution >= 4 is 5.91 Å². The maximum Gasteiger partial charge on any atom is 0.222 e. The molecule has 0 aromatic heterocycles. The molecule has 1 atom stereocenters. The van der Waals surface area contributed by atoms with E-state index in [1.165, 1.54) is 5.56 Å². The molecular formula is C16H26N2O. The first-order valence-electron chi connectivity index (χ1n) is 6.85. The van der Waals surface area contributed by atoms with Crippen LogP contribution in [0.25, 0.3) is 0 Å². The molecule has 0 spiro atoms. The number of hydrogen-bond acceptors (Lipinski definition) is 2. The predicted molar refractivity (Wildman–Crippen MR) is 79.9 cm³/mol. The molecule has 0 bridgehead atoms. The molecule has 2 N–H and O–H groups in total. The minimum Gasteiger partial charge on any atom is -0.345 e. The van der Waals surface area contributed by atoms with Crippen molar-refractivity contribution in [2.24, 2.45) is 11.1 Å². The monoisotopic (exact) mass is 262 g/mol. The van der Waals surface area contributed by atoms with Crippen molar-refractivity contribution in [2.75, 3.05) is 20.1 Å². The lowest BCUT2D eigenvalue weighted by Gasteiger charge is -2.29. The number of nitrogens with two attached hydrogens (primary N) is 1. The fourth-order valence-corrected chi connectivity index (χ4v) is 2.11. The quantitative estimate of drug-likeness (QED) is 0.856. The highest BCUT2D eigenvalue weighted by atomic mass is 16.2. The molecule has 0 aliphatic rings. The third-order valence-electron chi connectivity index (χ3n) is 3.49. The minimum atomic E-state index is -0.0274. The Balaban J connectivity index is 2.55. The van der Waals surface area contributed by atoms with Crippen LogP contribution in [0.4, 0.5) is 0 Å². The number of rotatable bonds is 6. The SMILES string of the molecule is CC(CC(=O)N(C)CC(C)(C)CN)c1ccccc1. The minimum absolute atomic E-state index is 0.0274. The Kier molecular flexibility index (Phi) is 5.55. The van der Waals surface area contributed by atoms with Gasteiger partial charge in [0.1, 0.15) is 0 Å². The van der Waals surface area contributed by atoms with Crippen molar-refractivity contribution < 1.29 is 4.79 Å². The number of amides is 1. The third kappa shape index (κ3) is 5.03. The van der Waals surface area contributed by atoms with Gasteiger partial charge in [-0.25, -0.2) is 0 Å². The van der Waals surface area contributed by atoms with E-state index in [0.717, 1.165) is 0 Å². The Morgan fingerprint density at radius 3 is 2.42 bits per heavy atom. The van der Waals surface area contributed by atoms with Crippen LogP contribution in [0.5, 0.6) is 0 Å². The smallest absolute Gasteiger partial charge is 0.222 e. The first-order valence-corrected chi connectivity index (χ1v) is 6.85. The lowest BCUT2D eigenvalue weighted by molar-refractivity contribution is -0.131. The number of carbonyl (C=O) groups excluding carboxylic acids is 1. The highest BCUT2D eigenvalue weighted by molar-refractivity contribution is 5.76. The Morgan fingerprint density at radius 2 is 1.89 bits per heavy atom. The molecule has 0 aliphatic carbocycles. The maximum atomic E-state index is 12.2. The van der Waals surface area contributed by atoms with E-state index in [-0.39, 0.29) is 17.2 Å². The van der Waals surface area contributed by atoms with Crippen molar-refractivity contribution in [1.29, 1.82) is 0 Å². The van der Waals surface area contributed by atoms with E-state index in [1.807, 2.05) is 25.2 Å². The Hall–Kier alpha value is -1.35. The lowest BCUT2D eigenvalue weighted by atomic mass is 9.92. The second kappa shape index (κ2) is 6.71. The molecule has 0 saturated carbocycles. The average molecular weight is 262 g/mol. The number of benzene rings is 1. The van der Waals surface area contributed by atoms with Crippen LogP contribution in [-0.4, -0.2) is 30.9 Å². The zero-order valence-electron chi connectivity index (χ0n) is 12.5. The van der Waals surface area contributed by atoms with E-state index in [9.17, 15) is 4.79 Å². The van der Waals surface area contributed by atoms with Crippen LogP contribution in [0.3, 0.4) is 0 Å². The zero-order chi connectivity index (χ0) is 14.5. The van der Waals surface area contributed by atoms with Crippen LogP contribution < -0.4 is 5.73 Å². The molecule has 1 amide bonds. The largest absolute Gasteiger partial charge is 0.345 e. The molecule has 3 nitrogen and oxygen atoms in total. The third-order valence-corrected chi connectivity index (χ3v) is 3.49. The van der Waals surface area contributed by atoms with Gasteiger partial charge in [0.15, 0.2) is 0 Å². The molecule has 19 heavy (non-hydrogen) atoms. The van der Waals surface area contributed by atoms with Crippen molar-refractivity contribution in [3.8, 4) is 0 Å². The fourth-order valence-electron chi connectivity index (χ4n) is 2.11. The molecule has 1 unspecified atom stereocenters. The second-order valence-electron chi connectivity index (χ2n) is 6.13. The molecular weight excluding hydrogens is 236 g/mol. The summed E-state index contributed by atoms with van der Waals surface area (Å²) in [4.78, 5) is 14.0. The van der Waals surface area contributed by atoms with Gasteiger partial charge >= 0.3 is 0 Å². The first-order chi connectivity index (χ1) is 8.85. The normalized spacial score (nSPS) is 13.1. The molecule has 1 aromatic carbocycles. The predicted octanol–water partition coefficient (Wildman–Crippen LogP) is 2.62. The summed E-state index contributed by atoms with van der Waals surface area (Å²) in [5.74, 6) is 0.426. The van der Waals surface area contributed by atoms with Crippen LogP contribution in [0.15, 0.2) is 30.3 Å². The van der Waals surface area contributed by atoms with Gasteiger partial charge in [0.2, 0.25) is 5.91 Å². The first kappa shape index (κ1) is 15.7. The number of carbonyl (C=O) groups is 1. The highest BCUT2D eigenvalue weighted by Crippen LogP contribution is 2.21. The van der Waals surface area contributed by atoms with Crippen LogP contribution in [0.1, 0.15) is 38.7 Å². The van der Waals surface area contributed by atoms with E-state index in [1.54, 1.807) is 4.90 Å². The number of nitrogens with zero attached hydrogens (tertiary/aromatic N) is 1. The van der Waals surface area contributed by atoms with Gasteiger partial charge in [0.05, 0.1) is 0 Å². The van der Waals surface area contributed by atoms with Gasteiger partial charge < -0.3 is 10.6 Å². The Morgan fingerprint density at radius 1 is 1.32 bits per heavy atom. The summed E-state index contributed by atoms with van der Waals surface area (Å²) in [6.07, 6.45) is 0.543. The topological polar surface area (TPSA) is 46.3 Å². The molecule has 1 rings (SSSR count). The highest BCUT2D eigenvalue weighted by Gasteiger charge is 2.22. The van der Waals surface area contributed by atoms with Crippen molar-refractivity contribution in [2.45, 2.75) is 33.1 Å². The van der Waals surface area contributed by atoms with E-state index in [2.05, 4.69) is 32.9 Å². The lowest BCUT2D eigenvalue weighted by Crippen LogP contribution is -2.40. The molecule has 0 aliphatic heterocycles. The van der Waals surface area contributed by atoms with Gasteiger partial charge in [-0.3, -0.25) is 4.79 Å². The van der Waals surface area contributed by atoms with Gasteiger partial charge in [0, 0.05) is 20.0 Å². The van der Waals surface area contributed by atoms with Crippen LogP contribution in [-0.2, 0) is 4.79 Å². The van der Waals surface area contributed by atoms with Crippen LogP contribution in [0.2, 0.25) is 0 Å². The molecule has 0 radical (unpaired) electrons. The van der Waals surface area contributed by atoms with E-state index < -0.39 is 0 Å². The Bertz CT molecular complexity index is 400. The molecule has 106 valence electrons. The summed E-state index contributed by atoms with van der Waals surface area (Å²) in [5, 5.41) is 0. The zero-order valence-corrected chi connectivity index (χ0v) is 12.5. The van der Waals surface area contributed by atoms with Gasteiger partial charge in [-0.15, -0.1) is 0 Å². The van der Waals surface area contributed by atoms with E-state index in [0.29, 0.717) is 19.5 Å².